The molecule has 0 unspecified atom stereocenters. The van der Waals surface area contributed by atoms with Crippen LogP contribution in [0.5, 0.6) is 0 Å². The second-order valence-electron chi connectivity index (χ2n) is 11.8. The summed E-state index contributed by atoms with van der Waals surface area (Å²) in [5.74, 6) is -0.346. The largest absolute Gasteiger partial charge is 0.352 e. The van der Waals surface area contributed by atoms with Crippen LogP contribution in [-0.2, 0) is 26.2 Å². The van der Waals surface area contributed by atoms with E-state index < -0.39 is 28.5 Å². The van der Waals surface area contributed by atoms with Gasteiger partial charge in [-0.1, -0.05) is 100 Å². The number of aryl methyl sites for hydroxylation is 1. The van der Waals surface area contributed by atoms with E-state index in [0.29, 0.717) is 12.1 Å². The molecular formula is C35H45N3O4S. The Labute approximate surface area is 257 Å². The zero-order valence-corrected chi connectivity index (χ0v) is 26.6. The molecule has 1 aliphatic rings. The van der Waals surface area contributed by atoms with E-state index in [2.05, 4.69) is 19.2 Å². The lowest BCUT2D eigenvalue weighted by Gasteiger charge is -2.34. The van der Waals surface area contributed by atoms with Crippen molar-refractivity contribution in [1.29, 1.82) is 0 Å². The Morgan fingerprint density at radius 3 is 2.19 bits per heavy atom. The zero-order chi connectivity index (χ0) is 31.0. The van der Waals surface area contributed by atoms with Gasteiger partial charge in [-0.05, 0) is 67.5 Å². The van der Waals surface area contributed by atoms with Gasteiger partial charge < -0.3 is 10.2 Å². The summed E-state index contributed by atoms with van der Waals surface area (Å²) >= 11 is 0. The number of nitrogens with zero attached hydrogens (tertiary/aromatic N) is 2. The van der Waals surface area contributed by atoms with Gasteiger partial charge in [0.2, 0.25) is 11.8 Å². The van der Waals surface area contributed by atoms with Crippen LogP contribution in [0.15, 0.2) is 83.8 Å². The molecule has 3 aromatic carbocycles. The maximum atomic E-state index is 14.3. The molecule has 0 radical (unpaired) electrons. The Hall–Kier alpha value is -3.65. The molecule has 0 aliphatic heterocycles. The normalized spacial score (nSPS) is 14.7. The third-order valence-electron chi connectivity index (χ3n) is 8.23. The highest BCUT2D eigenvalue weighted by Crippen LogP contribution is 2.27. The number of carbonyl (C=O) groups excluding carboxylic acids is 2. The third-order valence-corrected chi connectivity index (χ3v) is 10.0. The van der Waals surface area contributed by atoms with Crippen LogP contribution in [0.2, 0.25) is 0 Å². The standard InChI is InChI=1S/C35H45N3O4S/c1-5-33(35(40)36-30-15-8-6-9-16-30)37(24-28-14-12-13-27(4)23-28)34(39)25-38(31-21-19-29(20-22-31)26(2)3)43(41,42)32-17-10-7-11-18-32/h7,10-14,17-23,26,30,33H,5-6,8-9,15-16,24-25H2,1-4H3,(H,36,40)/t33-/m1/s1. The molecule has 7 nitrogen and oxygen atoms in total. The van der Waals surface area contributed by atoms with Crippen molar-refractivity contribution in [1.82, 2.24) is 10.2 Å². The number of nitrogens with one attached hydrogen (secondary N) is 1. The monoisotopic (exact) mass is 603 g/mol. The maximum absolute atomic E-state index is 14.3. The van der Waals surface area contributed by atoms with E-state index in [4.69, 9.17) is 0 Å². The Morgan fingerprint density at radius 2 is 1.58 bits per heavy atom. The third kappa shape index (κ3) is 8.25. The first kappa shape index (κ1) is 32.3. The predicted molar refractivity (Wildman–Crippen MR) is 172 cm³/mol. The van der Waals surface area contributed by atoms with Gasteiger partial charge in [0.25, 0.3) is 10.0 Å². The highest BCUT2D eigenvalue weighted by molar-refractivity contribution is 7.92. The van der Waals surface area contributed by atoms with Crippen molar-refractivity contribution >= 4 is 27.5 Å². The number of benzene rings is 3. The molecule has 230 valence electrons. The van der Waals surface area contributed by atoms with Crippen LogP contribution in [0.1, 0.15) is 81.9 Å². The Kier molecular flexibility index (Phi) is 11.0. The molecule has 2 amide bonds. The summed E-state index contributed by atoms with van der Waals surface area (Å²) in [5, 5.41) is 3.20. The van der Waals surface area contributed by atoms with Crippen LogP contribution in [0.3, 0.4) is 0 Å². The summed E-state index contributed by atoms with van der Waals surface area (Å²) in [4.78, 5) is 29.6. The molecule has 1 atom stereocenters. The van der Waals surface area contributed by atoms with E-state index in [1.54, 1.807) is 35.2 Å². The summed E-state index contributed by atoms with van der Waals surface area (Å²) in [6.07, 6.45) is 5.61. The summed E-state index contributed by atoms with van der Waals surface area (Å²) < 4.78 is 29.2. The van der Waals surface area contributed by atoms with Gasteiger partial charge in [0, 0.05) is 12.6 Å². The fraction of sp³-hybridized carbons (Fsp3) is 0.429. The molecule has 1 saturated carbocycles. The first-order valence-electron chi connectivity index (χ1n) is 15.4. The minimum atomic E-state index is -4.09. The van der Waals surface area contributed by atoms with Crippen LogP contribution < -0.4 is 9.62 Å². The summed E-state index contributed by atoms with van der Waals surface area (Å²) in [5.41, 5.74) is 3.40. The van der Waals surface area contributed by atoms with Crippen LogP contribution >= 0.6 is 0 Å². The topological polar surface area (TPSA) is 86.8 Å². The van der Waals surface area contributed by atoms with E-state index in [0.717, 1.165) is 42.4 Å². The highest BCUT2D eigenvalue weighted by atomic mass is 32.2. The van der Waals surface area contributed by atoms with Gasteiger partial charge >= 0.3 is 0 Å². The molecule has 43 heavy (non-hydrogen) atoms. The molecule has 4 rings (SSSR count). The highest BCUT2D eigenvalue weighted by Gasteiger charge is 2.34. The first-order valence-corrected chi connectivity index (χ1v) is 16.9. The van der Waals surface area contributed by atoms with Crippen LogP contribution in [0.25, 0.3) is 0 Å². The zero-order valence-electron chi connectivity index (χ0n) is 25.8. The Bertz CT molecular complexity index is 1470. The van der Waals surface area contributed by atoms with Crippen molar-refractivity contribution in [2.45, 2.75) is 95.7 Å². The number of hydrogen-bond acceptors (Lipinski definition) is 4. The van der Waals surface area contributed by atoms with Crippen molar-refractivity contribution in [3.05, 3.63) is 95.6 Å². The SMILES string of the molecule is CC[C@H](C(=O)NC1CCCCC1)N(Cc1cccc(C)c1)C(=O)CN(c1ccc(C(C)C)cc1)S(=O)(=O)c1ccccc1. The van der Waals surface area contributed by atoms with Gasteiger partial charge in [-0.2, -0.15) is 0 Å². The van der Waals surface area contributed by atoms with Gasteiger partial charge in [0.1, 0.15) is 12.6 Å². The van der Waals surface area contributed by atoms with Gasteiger partial charge in [-0.25, -0.2) is 8.42 Å². The van der Waals surface area contributed by atoms with Crippen molar-refractivity contribution in [2.75, 3.05) is 10.8 Å². The fourth-order valence-corrected chi connectivity index (χ4v) is 7.18. The Morgan fingerprint density at radius 1 is 0.907 bits per heavy atom. The van der Waals surface area contributed by atoms with Crippen LogP contribution in [-0.4, -0.2) is 43.8 Å². The minimum absolute atomic E-state index is 0.0978. The second kappa shape index (κ2) is 14.7. The van der Waals surface area contributed by atoms with E-state index in [-0.39, 0.29) is 29.3 Å². The first-order chi connectivity index (χ1) is 20.6. The molecule has 0 aromatic heterocycles. The molecule has 0 saturated heterocycles. The van der Waals surface area contributed by atoms with Crippen molar-refractivity contribution in [3.8, 4) is 0 Å². The molecule has 0 spiro atoms. The molecule has 0 bridgehead atoms. The van der Waals surface area contributed by atoms with E-state index >= 15 is 0 Å². The van der Waals surface area contributed by atoms with Crippen molar-refractivity contribution in [3.63, 3.8) is 0 Å². The van der Waals surface area contributed by atoms with Gasteiger partial charge in [-0.15, -0.1) is 0 Å². The molecule has 3 aromatic rings. The number of sulfonamides is 1. The summed E-state index contributed by atoms with van der Waals surface area (Å²) in [6.45, 7) is 7.79. The summed E-state index contributed by atoms with van der Waals surface area (Å²) in [6, 6.07) is 22.7. The molecule has 8 heteroatoms. The molecule has 1 aliphatic carbocycles. The average molecular weight is 604 g/mol. The second-order valence-corrected chi connectivity index (χ2v) is 13.7. The lowest BCUT2D eigenvalue weighted by Crippen LogP contribution is -2.54. The Balaban J connectivity index is 1.71. The van der Waals surface area contributed by atoms with Gasteiger partial charge in [0.15, 0.2) is 0 Å². The maximum Gasteiger partial charge on any atom is 0.264 e. The van der Waals surface area contributed by atoms with E-state index in [1.807, 2.05) is 50.2 Å². The number of carbonyl (C=O) groups is 2. The van der Waals surface area contributed by atoms with Crippen molar-refractivity contribution < 1.29 is 18.0 Å². The molecule has 0 heterocycles. The average Bonchev–Trinajstić information content (AvgIpc) is 3.00. The van der Waals surface area contributed by atoms with E-state index in [1.165, 1.54) is 22.9 Å². The molecular weight excluding hydrogens is 558 g/mol. The molecule has 1 N–H and O–H groups in total. The lowest BCUT2D eigenvalue weighted by atomic mass is 9.95. The van der Waals surface area contributed by atoms with Crippen LogP contribution in [0.4, 0.5) is 5.69 Å². The minimum Gasteiger partial charge on any atom is -0.352 e. The quantitative estimate of drug-likeness (QED) is 0.254. The van der Waals surface area contributed by atoms with Gasteiger partial charge in [0.05, 0.1) is 10.6 Å². The summed E-state index contributed by atoms with van der Waals surface area (Å²) in [7, 11) is -4.09. The number of hydrogen-bond donors (Lipinski definition) is 1. The van der Waals surface area contributed by atoms with Crippen molar-refractivity contribution in [2.24, 2.45) is 0 Å². The fourth-order valence-electron chi connectivity index (χ4n) is 5.74. The van der Waals surface area contributed by atoms with Gasteiger partial charge in [-0.3, -0.25) is 13.9 Å². The number of anilines is 1. The number of amides is 2. The predicted octanol–water partition coefficient (Wildman–Crippen LogP) is 6.57. The number of rotatable bonds is 12. The molecule has 1 fully saturated rings. The van der Waals surface area contributed by atoms with Crippen LogP contribution in [0, 0.1) is 6.92 Å². The smallest absolute Gasteiger partial charge is 0.264 e. The van der Waals surface area contributed by atoms with E-state index in [9.17, 15) is 18.0 Å². The lowest BCUT2D eigenvalue weighted by molar-refractivity contribution is -0.140.